The summed E-state index contributed by atoms with van der Waals surface area (Å²) >= 11 is 0. The van der Waals surface area contributed by atoms with E-state index < -0.39 is 0 Å². The van der Waals surface area contributed by atoms with Crippen molar-refractivity contribution in [2.24, 2.45) is 0 Å². The maximum absolute atomic E-state index is 5.13. The standard InChI is InChI=1S/C37H27N3/c1-24-16-20-27(21-17-24)35-38-36(28-22-18-25(2)19-23-28)40-37(39-35)34-31-14-8-6-12-29(31)33(26-10-4-3-5-11-26)30-13-7-9-15-32(30)34/h3-23H,1-2H3. The monoisotopic (exact) mass is 513 g/mol. The summed E-state index contributed by atoms with van der Waals surface area (Å²) < 4.78 is 0. The molecule has 7 rings (SSSR count). The average molecular weight is 514 g/mol. The van der Waals surface area contributed by atoms with Gasteiger partial charge < -0.3 is 0 Å². The van der Waals surface area contributed by atoms with Gasteiger partial charge in [-0.3, -0.25) is 0 Å². The Morgan fingerprint density at radius 1 is 0.325 bits per heavy atom. The van der Waals surface area contributed by atoms with E-state index in [1.165, 1.54) is 33.0 Å². The van der Waals surface area contributed by atoms with Crippen LogP contribution < -0.4 is 0 Å². The van der Waals surface area contributed by atoms with Crippen LogP contribution >= 0.6 is 0 Å². The first-order valence-electron chi connectivity index (χ1n) is 13.5. The van der Waals surface area contributed by atoms with Crippen LogP contribution in [0, 0.1) is 13.8 Å². The van der Waals surface area contributed by atoms with Crippen molar-refractivity contribution in [3.8, 4) is 45.3 Å². The highest BCUT2D eigenvalue weighted by atomic mass is 15.0. The van der Waals surface area contributed by atoms with Crippen molar-refractivity contribution in [3.63, 3.8) is 0 Å². The smallest absolute Gasteiger partial charge is 0.165 e. The molecule has 0 unspecified atom stereocenters. The van der Waals surface area contributed by atoms with Crippen LogP contribution in [0.5, 0.6) is 0 Å². The summed E-state index contributed by atoms with van der Waals surface area (Å²) in [6.07, 6.45) is 0. The first-order valence-corrected chi connectivity index (χ1v) is 13.5. The minimum atomic E-state index is 0.667. The lowest BCUT2D eigenvalue weighted by atomic mass is 9.88. The summed E-state index contributed by atoms with van der Waals surface area (Å²) in [5.74, 6) is 2.01. The van der Waals surface area contributed by atoms with Crippen molar-refractivity contribution in [1.82, 2.24) is 15.0 Å². The molecule has 0 aliphatic rings. The lowest BCUT2D eigenvalue weighted by Crippen LogP contribution is -2.01. The lowest BCUT2D eigenvalue weighted by Gasteiger charge is -2.17. The van der Waals surface area contributed by atoms with Crippen LogP contribution in [0.3, 0.4) is 0 Å². The number of benzene rings is 6. The number of nitrogens with zero attached hydrogens (tertiary/aromatic N) is 3. The summed E-state index contributed by atoms with van der Waals surface area (Å²) in [5, 5.41) is 4.60. The van der Waals surface area contributed by atoms with Crippen molar-refractivity contribution in [1.29, 1.82) is 0 Å². The SMILES string of the molecule is Cc1ccc(-c2nc(-c3ccc(C)cc3)nc(-c3c4ccccc4c(-c4ccccc4)c4ccccc34)n2)cc1. The van der Waals surface area contributed by atoms with E-state index in [1.54, 1.807) is 0 Å². The number of hydrogen-bond acceptors (Lipinski definition) is 3. The molecule has 1 aromatic heterocycles. The summed E-state index contributed by atoms with van der Waals surface area (Å²) in [5.41, 5.74) is 7.78. The van der Waals surface area contributed by atoms with Gasteiger partial charge in [0.15, 0.2) is 17.5 Å². The van der Waals surface area contributed by atoms with Gasteiger partial charge in [0.25, 0.3) is 0 Å². The van der Waals surface area contributed by atoms with E-state index in [4.69, 9.17) is 15.0 Å². The molecule has 0 saturated heterocycles. The Bertz CT molecular complexity index is 1870. The van der Waals surface area contributed by atoms with Crippen molar-refractivity contribution in [2.45, 2.75) is 13.8 Å². The van der Waals surface area contributed by atoms with Gasteiger partial charge in [0, 0.05) is 16.7 Å². The molecule has 6 aromatic carbocycles. The zero-order valence-corrected chi connectivity index (χ0v) is 22.5. The molecule has 0 bridgehead atoms. The third-order valence-corrected chi connectivity index (χ3v) is 7.47. The first-order chi connectivity index (χ1) is 19.7. The van der Waals surface area contributed by atoms with Gasteiger partial charge >= 0.3 is 0 Å². The zero-order chi connectivity index (χ0) is 27.1. The molecular formula is C37H27N3. The van der Waals surface area contributed by atoms with Crippen molar-refractivity contribution >= 4 is 21.5 Å². The molecule has 0 aliphatic heterocycles. The second-order valence-electron chi connectivity index (χ2n) is 10.2. The molecule has 190 valence electrons. The molecular weight excluding hydrogens is 486 g/mol. The molecule has 0 fully saturated rings. The third-order valence-electron chi connectivity index (χ3n) is 7.47. The molecule has 0 amide bonds. The van der Waals surface area contributed by atoms with Gasteiger partial charge in [0.05, 0.1) is 0 Å². The van der Waals surface area contributed by atoms with E-state index in [2.05, 4.69) is 141 Å². The molecule has 40 heavy (non-hydrogen) atoms. The van der Waals surface area contributed by atoms with Gasteiger partial charge in [-0.2, -0.15) is 0 Å². The van der Waals surface area contributed by atoms with Gasteiger partial charge in [0.2, 0.25) is 0 Å². The Morgan fingerprint density at radius 2 is 0.700 bits per heavy atom. The molecule has 0 spiro atoms. The Kier molecular flexibility index (Phi) is 5.90. The molecule has 3 heteroatoms. The second-order valence-corrected chi connectivity index (χ2v) is 10.2. The number of fused-ring (bicyclic) bond motifs is 2. The predicted molar refractivity (Wildman–Crippen MR) is 166 cm³/mol. The molecule has 3 nitrogen and oxygen atoms in total. The number of aromatic nitrogens is 3. The van der Waals surface area contributed by atoms with Crippen LogP contribution in [0.4, 0.5) is 0 Å². The maximum Gasteiger partial charge on any atom is 0.165 e. The van der Waals surface area contributed by atoms with Crippen molar-refractivity contribution in [3.05, 3.63) is 139 Å². The molecule has 0 aliphatic carbocycles. The van der Waals surface area contributed by atoms with Crippen LogP contribution in [0.2, 0.25) is 0 Å². The Hall–Kier alpha value is -5.15. The largest absolute Gasteiger partial charge is 0.208 e. The van der Waals surface area contributed by atoms with Gasteiger partial charge in [-0.1, -0.05) is 139 Å². The minimum Gasteiger partial charge on any atom is -0.208 e. The van der Waals surface area contributed by atoms with Crippen LogP contribution in [0.15, 0.2) is 127 Å². The fraction of sp³-hybridized carbons (Fsp3) is 0.0541. The Balaban J connectivity index is 1.58. The minimum absolute atomic E-state index is 0.667. The molecule has 1 heterocycles. The molecule has 0 radical (unpaired) electrons. The topological polar surface area (TPSA) is 38.7 Å². The van der Waals surface area contributed by atoms with Gasteiger partial charge in [-0.15, -0.1) is 0 Å². The van der Waals surface area contributed by atoms with E-state index >= 15 is 0 Å². The van der Waals surface area contributed by atoms with E-state index in [9.17, 15) is 0 Å². The summed E-state index contributed by atoms with van der Waals surface area (Å²) in [6.45, 7) is 4.18. The highest BCUT2D eigenvalue weighted by molar-refractivity contribution is 6.20. The van der Waals surface area contributed by atoms with Crippen LogP contribution in [-0.2, 0) is 0 Å². The van der Waals surface area contributed by atoms with E-state index in [0.29, 0.717) is 17.5 Å². The second kappa shape index (κ2) is 9.87. The highest BCUT2D eigenvalue weighted by Crippen LogP contribution is 2.43. The number of aryl methyl sites for hydroxylation is 2. The van der Waals surface area contributed by atoms with E-state index in [0.717, 1.165) is 27.5 Å². The highest BCUT2D eigenvalue weighted by Gasteiger charge is 2.20. The quantitative estimate of drug-likeness (QED) is 0.220. The fourth-order valence-electron chi connectivity index (χ4n) is 5.44. The average Bonchev–Trinajstić information content (AvgIpc) is 3.00. The summed E-state index contributed by atoms with van der Waals surface area (Å²) in [6, 6.07) is 44.6. The Labute approximate surface area is 233 Å². The number of hydrogen-bond donors (Lipinski definition) is 0. The first kappa shape index (κ1) is 23.9. The van der Waals surface area contributed by atoms with Crippen LogP contribution in [-0.4, -0.2) is 15.0 Å². The number of rotatable bonds is 4. The van der Waals surface area contributed by atoms with Crippen molar-refractivity contribution in [2.75, 3.05) is 0 Å². The van der Waals surface area contributed by atoms with Crippen LogP contribution in [0.25, 0.3) is 66.8 Å². The normalized spacial score (nSPS) is 11.2. The summed E-state index contributed by atoms with van der Waals surface area (Å²) in [4.78, 5) is 15.2. The fourth-order valence-corrected chi connectivity index (χ4v) is 5.44. The van der Waals surface area contributed by atoms with Crippen molar-refractivity contribution < 1.29 is 0 Å². The third kappa shape index (κ3) is 4.22. The van der Waals surface area contributed by atoms with Gasteiger partial charge in [-0.05, 0) is 46.5 Å². The molecule has 0 N–H and O–H groups in total. The van der Waals surface area contributed by atoms with E-state index in [-0.39, 0.29) is 0 Å². The molecule has 7 aromatic rings. The zero-order valence-electron chi connectivity index (χ0n) is 22.5. The predicted octanol–water partition coefficient (Wildman–Crippen LogP) is 9.46. The van der Waals surface area contributed by atoms with Crippen LogP contribution in [0.1, 0.15) is 11.1 Å². The van der Waals surface area contributed by atoms with E-state index in [1.807, 2.05) is 0 Å². The molecule has 0 atom stereocenters. The summed E-state index contributed by atoms with van der Waals surface area (Å²) in [7, 11) is 0. The Morgan fingerprint density at radius 3 is 1.15 bits per heavy atom. The van der Waals surface area contributed by atoms with Gasteiger partial charge in [-0.25, -0.2) is 15.0 Å². The lowest BCUT2D eigenvalue weighted by molar-refractivity contribution is 1.08. The molecule has 0 saturated carbocycles. The van der Waals surface area contributed by atoms with Gasteiger partial charge in [0.1, 0.15) is 0 Å². The maximum atomic E-state index is 5.13.